The number of nitrogens with zero attached hydrogens (tertiary/aromatic N) is 1. The minimum absolute atomic E-state index is 0.274. The molecule has 5 nitrogen and oxygen atoms in total. The van der Waals surface area contributed by atoms with Gasteiger partial charge in [-0.1, -0.05) is 6.08 Å². The Kier molecular flexibility index (Phi) is 2.96. The van der Waals surface area contributed by atoms with Crippen LogP contribution in [-0.2, 0) is 9.31 Å². The van der Waals surface area contributed by atoms with E-state index in [0.29, 0.717) is 24.9 Å². The molecule has 0 unspecified atom stereocenters. The van der Waals surface area contributed by atoms with Gasteiger partial charge in [0.1, 0.15) is 0 Å². The number of likely N-dealkylation sites (tertiary alicyclic amines) is 1. The molecular weight excluding hydrogens is 257 g/mol. The Labute approximate surface area is 120 Å². The van der Waals surface area contributed by atoms with E-state index < -0.39 is 6.09 Å². The molecule has 3 rings (SSSR count). The van der Waals surface area contributed by atoms with E-state index in [4.69, 9.17) is 14.4 Å². The second kappa shape index (κ2) is 4.24. The van der Waals surface area contributed by atoms with E-state index in [1.54, 1.807) is 0 Å². The molecule has 6 heteroatoms. The van der Waals surface area contributed by atoms with Gasteiger partial charge in [-0.15, -0.1) is 0 Å². The molecule has 2 heterocycles. The van der Waals surface area contributed by atoms with Gasteiger partial charge in [0.05, 0.1) is 11.2 Å². The first-order valence-electron chi connectivity index (χ1n) is 7.24. The molecule has 0 saturated carbocycles. The van der Waals surface area contributed by atoms with Crippen molar-refractivity contribution in [1.29, 1.82) is 0 Å². The summed E-state index contributed by atoms with van der Waals surface area (Å²) >= 11 is 0. The quantitative estimate of drug-likeness (QED) is 0.747. The summed E-state index contributed by atoms with van der Waals surface area (Å²) < 4.78 is 12.1. The summed E-state index contributed by atoms with van der Waals surface area (Å²) in [6.45, 7) is 9.43. The molecule has 0 aromatic rings. The van der Waals surface area contributed by atoms with Crippen molar-refractivity contribution in [3.63, 3.8) is 0 Å². The van der Waals surface area contributed by atoms with Gasteiger partial charge in [0, 0.05) is 13.1 Å². The van der Waals surface area contributed by atoms with Gasteiger partial charge in [-0.05, 0) is 51.4 Å². The minimum Gasteiger partial charge on any atom is -0.465 e. The fourth-order valence-electron chi connectivity index (χ4n) is 3.27. The lowest BCUT2D eigenvalue weighted by Crippen LogP contribution is -2.41. The topological polar surface area (TPSA) is 59.0 Å². The van der Waals surface area contributed by atoms with Crippen LogP contribution in [0.5, 0.6) is 0 Å². The highest BCUT2D eigenvalue weighted by molar-refractivity contribution is 6.54. The predicted octanol–water partition coefficient (Wildman–Crippen LogP) is 2.17. The first-order valence-corrected chi connectivity index (χ1v) is 7.24. The summed E-state index contributed by atoms with van der Waals surface area (Å²) in [5, 5.41) is 9.04. The summed E-state index contributed by atoms with van der Waals surface area (Å²) in [6.07, 6.45) is 2.24. The highest BCUT2D eigenvalue weighted by Gasteiger charge is 2.54. The Balaban J connectivity index is 1.70. The van der Waals surface area contributed by atoms with Gasteiger partial charge in [-0.3, -0.25) is 0 Å². The molecule has 0 aromatic heterocycles. The number of carbonyl (C=O) groups is 1. The normalized spacial score (nSPS) is 34.3. The molecular formula is C14H22BNO4. The standard InChI is InChI=1S/C14H22BNO4/c1-13(2)14(3,4)20-15(19-13)11-5-9-7-16(12(17)18)8-10(9)6-11/h5,9-10H,6-8H2,1-4H3,(H,17,18)/t9-,10+/m0/s1. The molecule has 20 heavy (non-hydrogen) atoms. The van der Waals surface area contributed by atoms with Gasteiger partial charge in [0.25, 0.3) is 0 Å². The Hall–Kier alpha value is -1.01. The number of amides is 1. The Morgan fingerprint density at radius 3 is 2.40 bits per heavy atom. The fourth-order valence-corrected chi connectivity index (χ4v) is 3.27. The lowest BCUT2D eigenvalue weighted by Gasteiger charge is -2.32. The van der Waals surface area contributed by atoms with Crippen LogP contribution >= 0.6 is 0 Å². The minimum atomic E-state index is -0.815. The largest absolute Gasteiger partial charge is 0.490 e. The third kappa shape index (κ3) is 2.06. The summed E-state index contributed by atoms with van der Waals surface area (Å²) in [7, 11) is -0.274. The number of rotatable bonds is 1. The van der Waals surface area contributed by atoms with Crippen LogP contribution in [0.2, 0.25) is 0 Å². The maximum Gasteiger partial charge on any atom is 0.490 e. The lowest BCUT2D eigenvalue weighted by atomic mass is 9.77. The van der Waals surface area contributed by atoms with Crippen molar-refractivity contribution in [3.05, 3.63) is 11.5 Å². The van der Waals surface area contributed by atoms with Crippen LogP contribution in [0, 0.1) is 11.8 Å². The van der Waals surface area contributed by atoms with E-state index in [9.17, 15) is 4.79 Å². The van der Waals surface area contributed by atoms with E-state index in [2.05, 4.69) is 33.8 Å². The smallest absolute Gasteiger partial charge is 0.465 e. The predicted molar refractivity (Wildman–Crippen MR) is 75.4 cm³/mol. The third-order valence-corrected chi connectivity index (χ3v) is 5.24. The number of carboxylic acid groups (broad SMARTS) is 1. The van der Waals surface area contributed by atoms with Crippen LogP contribution in [0.15, 0.2) is 11.5 Å². The number of allylic oxidation sites excluding steroid dienone is 1. The maximum atomic E-state index is 11.0. The number of hydrogen-bond acceptors (Lipinski definition) is 3. The van der Waals surface area contributed by atoms with Crippen LogP contribution in [0.3, 0.4) is 0 Å². The first kappa shape index (κ1) is 14.0. The van der Waals surface area contributed by atoms with Crippen LogP contribution < -0.4 is 0 Å². The van der Waals surface area contributed by atoms with Crippen molar-refractivity contribution >= 4 is 13.2 Å². The monoisotopic (exact) mass is 279 g/mol. The van der Waals surface area contributed by atoms with E-state index in [-0.39, 0.29) is 18.3 Å². The average Bonchev–Trinajstić information content (AvgIpc) is 2.88. The molecule has 0 radical (unpaired) electrons. The highest BCUT2D eigenvalue weighted by Crippen LogP contribution is 2.44. The Bertz CT molecular complexity index is 458. The van der Waals surface area contributed by atoms with Gasteiger partial charge in [0.2, 0.25) is 0 Å². The molecule has 2 aliphatic heterocycles. The van der Waals surface area contributed by atoms with Crippen LogP contribution in [0.4, 0.5) is 4.79 Å². The van der Waals surface area contributed by atoms with E-state index in [1.807, 2.05) is 0 Å². The van der Waals surface area contributed by atoms with E-state index in [0.717, 1.165) is 6.42 Å². The number of hydrogen-bond donors (Lipinski definition) is 1. The molecule has 2 atom stereocenters. The zero-order valence-corrected chi connectivity index (χ0v) is 12.5. The molecule has 0 spiro atoms. The zero-order valence-electron chi connectivity index (χ0n) is 12.5. The van der Waals surface area contributed by atoms with Gasteiger partial charge in [0.15, 0.2) is 0 Å². The van der Waals surface area contributed by atoms with Gasteiger partial charge >= 0.3 is 13.2 Å². The molecule has 2 fully saturated rings. The molecule has 1 N–H and O–H groups in total. The second-order valence-corrected chi connectivity index (χ2v) is 7.15. The highest BCUT2D eigenvalue weighted by atomic mass is 16.7. The van der Waals surface area contributed by atoms with Crippen LogP contribution in [0.1, 0.15) is 34.1 Å². The SMILES string of the molecule is CC1(C)OB(C2=C[C@H]3CN(C(=O)O)C[C@H]3C2)OC1(C)C. The van der Waals surface area contributed by atoms with Crippen molar-refractivity contribution in [2.24, 2.45) is 11.8 Å². The van der Waals surface area contributed by atoms with E-state index >= 15 is 0 Å². The lowest BCUT2D eigenvalue weighted by molar-refractivity contribution is 0.00578. The van der Waals surface area contributed by atoms with Crippen LogP contribution in [0.25, 0.3) is 0 Å². The van der Waals surface area contributed by atoms with Gasteiger partial charge < -0.3 is 19.3 Å². The molecule has 1 aliphatic carbocycles. The third-order valence-electron chi connectivity index (χ3n) is 5.24. The van der Waals surface area contributed by atoms with Gasteiger partial charge in [-0.25, -0.2) is 4.79 Å². The number of fused-ring (bicyclic) bond motifs is 1. The Morgan fingerprint density at radius 2 is 1.90 bits per heavy atom. The molecule has 2 saturated heterocycles. The summed E-state index contributed by atoms with van der Waals surface area (Å²) in [4.78, 5) is 12.5. The fraction of sp³-hybridized carbons (Fsp3) is 0.786. The van der Waals surface area contributed by atoms with Crippen molar-refractivity contribution in [3.8, 4) is 0 Å². The Morgan fingerprint density at radius 1 is 1.30 bits per heavy atom. The molecule has 0 bridgehead atoms. The first-order chi connectivity index (χ1) is 9.19. The molecule has 110 valence electrons. The van der Waals surface area contributed by atoms with Crippen LogP contribution in [-0.4, -0.2) is 47.5 Å². The molecule has 3 aliphatic rings. The summed E-state index contributed by atoms with van der Waals surface area (Å²) in [6, 6.07) is 0. The molecule has 1 amide bonds. The van der Waals surface area contributed by atoms with Crippen molar-refractivity contribution in [1.82, 2.24) is 4.90 Å². The van der Waals surface area contributed by atoms with Crippen molar-refractivity contribution in [2.45, 2.75) is 45.3 Å². The zero-order chi connectivity index (χ0) is 14.7. The van der Waals surface area contributed by atoms with Gasteiger partial charge in [-0.2, -0.15) is 0 Å². The summed E-state index contributed by atoms with van der Waals surface area (Å²) in [5.74, 6) is 0.709. The maximum absolute atomic E-state index is 11.0. The molecule has 0 aromatic carbocycles. The van der Waals surface area contributed by atoms with Crippen molar-refractivity contribution < 1.29 is 19.2 Å². The van der Waals surface area contributed by atoms with E-state index in [1.165, 1.54) is 10.4 Å². The summed E-state index contributed by atoms with van der Waals surface area (Å²) in [5.41, 5.74) is 0.552. The average molecular weight is 279 g/mol. The second-order valence-electron chi connectivity index (χ2n) is 7.15. The van der Waals surface area contributed by atoms with Crippen molar-refractivity contribution in [2.75, 3.05) is 13.1 Å².